The lowest BCUT2D eigenvalue weighted by molar-refractivity contribution is -0.143. The van der Waals surface area contributed by atoms with Crippen molar-refractivity contribution in [2.75, 3.05) is 26.3 Å². The lowest BCUT2D eigenvalue weighted by Gasteiger charge is -2.43. The van der Waals surface area contributed by atoms with E-state index in [0.29, 0.717) is 24.2 Å². The van der Waals surface area contributed by atoms with Crippen LogP contribution in [0.15, 0.2) is 48.8 Å². The van der Waals surface area contributed by atoms with Crippen molar-refractivity contribution >= 4 is 17.5 Å². The number of amides is 1. The van der Waals surface area contributed by atoms with Crippen LogP contribution >= 0.6 is 11.6 Å². The highest BCUT2D eigenvalue weighted by molar-refractivity contribution is 6.30. The molecule has 2 fully saturated rings. The van der Waals surface area contributed by atoms with Gasteiger partial charge in [0.25, 0.3) is 0 Å². The van der Waals surface area contributed by atoms with Crippen molar-refractivity contribution in [3.8, 4) is 0 Å². The van der Waals surface area contributed by atoms with Gasteiger partial charge in [-0.3, -0.25) is 9.78 Å². The molecule has 0 aliphatic carbocycles. The molecule has 1 amide bonds. The third kappa shape index (κ3) is 4.08. The Morgan fingerprint density at radius 3 is 2.71 bits per heavy atom. The first-order valence-corrected chi connectivity index (χ1v) is 10.6. The van der Waals surface area contributed by atoms with Crippen molar-refractivity contribution in [2.24, 2.45) is 5.92 Å². The lowest BCUT2D eigenvalue weighted by Crippen LogP contribution is -2.52. The number of hydrogen-bond acceptors (Lipinski definition) is 3. The highest BCUT2D eigenvalue weighted by atomic mass is 35.5. The van der Waals surface area contributed by atoms with E-state index in [4.69, 9.17) is 16.3 Å². The number of aromatic nitrogens is 1. The quantitative estimate of drug-likeness (QED) is 0.772. The summed E-state index contributed by atoms with van der Waals surface area (Å²) in [5.41, 5.74) is 1.83. The summed E-state index contributed by atoms with van der Waals surface area (Å²) in [4.78, 5) is 20.1. The van der Waals surface area contributed by atoms with E-state index in [-0.39, 0.29) is 5.91 Å². The third-order valence-corrected chi connectivity index (χ3v) is 6.46. The topological polar surface area (TPSA) is 42.4 Å². The molecule has 1 atom stereocenters. The largest absolute Gasteiger partial charge is 0.381 e. The van der Waals surface area contributed by atoms with E-state index in [1.807, 2.05) is 36.5 Å². The van der Waals surface area contributed by atoms with Crippen LogP contribution in [-0.2, 0) is 21.4 Å². The van der Waals surface area contributed by atoms with Crippen molar-refractivity contribution < 1.29 is 9.53 Å². The van der Waals surface area contributed by atoms with Crippen LogP contribution in [0.3, 0.4) is 0 Å². The van der Waals surface area contributed by atoms with Gasteiger partial charge in [0.15, 0.2) is 0 Å². The molecular formula is C23H27ClN2O2. The summed E-state index contributed by atoms with van der Waals surface area (Å²) in [6.45, 7) is 2.92. The number of halogens is 1. The second kappa shape index (κ2) is 8.62. The van der Waals surface area contributed by atoms with Crippen molar-refractivity contribution in [1.82, 2.24) is 9.88 Å². The molecule has 1 aromatic carbocycles. The number of carbonyl (C=O) groups excluding carboxylic acids is 1. The van der Waals surface area contributed by atoms with Crippen molar-refractivity contribution in [1.29, 1.82) is 0 Å². The SMILES string of the molecule is O=C(N1CCC[C@H](Cc2cccnc2)C1)C1(c2ccc(Cl)cc2)CCOCC1. The number of hydrogen-bond donors (Lipinski definition) is 0. The van der Waals surface area contributed by atoms with Crippen LogP contribution in [0, 0.1) is 5.92 Å². The fourth-order valence-corrected chi connectivity index (χ4v) is 4.81. The summed E-state index contributed by atoms with van der Waals surface area (Å²) in [6.07, 6.45) is 8.42. The standard InChI is InChI=1S/C23H27ClN2O2/c24-21-7-5-20(6-8-21)23(9-13-28-14-10-23)22(27)26-12-2-4-19(17-26)15-18-3-1-11-25-16-18/h1,3,5-8,11,16,19H,2,4,9-10,12-15,17H2/t19-/m1/s1. The van der Waals surface area contributed by atoms with Crippen LogP contribution in [-0.4, -0.2) is 42.1 Å². The predicted molar refractivity (Wildman–Crippen MR) is 110 cm³/mol. The Kier molecular flexibility index (Phi) is 5.98. The van der Waals surface area contributed by atoms with Gasteiger partial charge in [0.1, 0.15) is 0 Å². The lowest BCUT2D eigenvalue weighted by atomic mass is 9.72. The maximum atomic E-state index is 13.8. The van der Waals surface area contributed by atoms with E-state index in [1.54, 1.807) is 6.20 Å². The monoisotopic (exact) mass is 398 g/mol. The molecule has 28 heavy (non-hydrogen) atoms. The maximum Gasteiger partial charge on any atom is 0.233 e. The molecule has 0 N–H and O–H groups in total. The van der Waals surface area contributed by atoms with E-state index in [1.165, 1.54) is 5.56 Å². The van der Waals surface area contributed by atoms with Crippen LogP contribution in [0.4, 0.5) is 0 Å². The Morgan fingerprint density at radius 2 is 2.00 bits per heavy atom. The Morgan fingerprint density at radius 1 is 1.21 bits per heavy atom. The van der Waals surface area contributed by atoms with Gasteiger partial charge in [-0.25, -0.2) is 0 Å². The molecule has 1 aromatic heterocycles. The molecule has 0 spiro atoms. The molecule has 0 saturated carbocycles. The van der Waals surface area contributed by atoms with E-state index >= 15 is 0 Å². The molecular weight excluding hydrogens is 372 g/mol. The van der Waals surface area contributed by atoms with Gasteiger partial charge in [-0.1, -0.05) is 29.8 Å². The molecule has 2 aliphatic heterocycles. The molecule has 2 aromatic rings. The molecule has 5 heteroatoms. The maximum absolute atomic E-state index is 13.8. The molecule has 148 valence electrons. The summed E-state index contributed by atoms with van der Waals surface area (Å²) in [7, 11) is 0. The first-order valence-electron chi connectivity index (χ1n) is 10.2. The number of piperidine rings is 1. The number of rotatable bonds is 4. The number of ether oxygens (including phenoxy) is 1. The molecule has 3 heterocycles. The zero-order valence-electron chi connectivity index (χ0n) is 16.1. The predicted octanol–water partition coefficient (Wildman–Crippen LogP) is 4.26. The van der Waals surface area contributed by atoms with Gasteiger partial charge in [0.05, 0.1) is 5.41 Å². The molecule has 2 saturated heterocycles. The Labute approximate surface area is 171 Å². The number of nitrogens with zero attached hydrogens (tertiary/aromatic N) is 2. The average molecular weight is 399 g/mol. The number of pyridine rings is 1. The molecule has 4 rings (SSSR count). The number of likely N-dealkylation sites (tertiary alicyclic amines) is 1. The molecule has 4 nitrogen and oxygen atoms in total. The van der Waals surface area contributed by atoms with Crippen molar-refractivity contribution in [2.45, 2.75) is 37.5 Å². The summed E-state index contributed by atoms with van der Waals surface area (Å²) in [5, 5.41) is 0.702. The van der Waals surface area contributed by atoms with Gasteiger partial charge in [-0.15, -0.1) is 0 Å². The highest BCUT2D eigenvalue weighted by Gasteiger charge is 2.44. The van der Waals surface area contributed by atoms with E-state index in [9.17, 15) is 4.79 Å². The van der Waals surface area contributed by atoms with E-state index in [0.717, 1.165) is 50.8 Å². The average Bonchev–Trinajstić information content (AvgIpc) is 2.75. The zero-order valence-corrected chi connectivity index (χ0v) is 16.9. The van der Waals surface area contributed by atoms with Crippen LogP contribution in [0.5, 0.6) is 0 Å². The summed E-state index contributed by atoms with van der Waals surface area (Å²) < 4.78 is 5.60. The third-order valence-electron chi connectivity index (χ3n) is 6.21. The van der Waals surface area contributed by atoms with E-state index < -0.39 is 5.41 Å². The van der Waals surface area contributed by atoms with Crippen LogP contribution in [0.2, 0.25) is 5.02 Å². The van der Waals surface area contributed by atoms with Gasteiger partial charge >= 0.3 is 0 Å². The normalized spacial score (nSPS) is 22.0. The Balaban J connectivity index is 1.53. The Hall–Kier alpha value is -1.91. The van der Waals surface area contributed by atoms with Crippen LogP contribution in [0.25, 0.3) is 0 Å². The minimum atomic E-state index is -0.487. The fraction of sp³-hybridized carbons (Fsp3) is 0.478. The second-order valence-corrected chi connectivity index (χ2v) is 8.46. The van der Waals surface area contributed by atoms with E-state index in [2.05, 4.69) is 16.0 Å². The van der Waals surface area contributed by atoms with Gasteiger partial charge in [-0.2, -0.15) is 0 Å². The van der Waals surface area contributed by atoms with Crippen molar-refractivity contribution in [3.05, 3.63) is 64.9 Å². The van der Waals surface area contributed by atoms with Crippen molar-refractivity contribution in [3.63, 3.8) is 0 Å². The fourth-order valence-electron chi connectivity index (χ4n) is 4.69. The summed E-state index contributed by atoms with van der Waals surface area (Å²) in [6, 6.07) is 11.9. The second-order valence-electron chi connectivity index (χ2n) is 8.03. The minimum Gasteiger partial charge on any atom is -0.381 e. The molecule has 0 bridgehead atoms. The Bertz CT molecular complexity index is 788. The first-order chi connectivity index (χ1) is 13.7. The van der Waals surface area contributed by atoms with Gasteiger partial charge in [-0.05, 0) is 67.3 Å². The first kappa shape index (κ1) is 19.4. The summed E-state index contributed by atoms with van der Waals surface area (Å²) in [5.74, 6) is 0.748. The highest BCUT2D eigenvalue weighted by Crippen LogP contribution is 2.38. The zero-order chi connectivity index (χ0) is 19.4. The van der Waals surface area contributed by atoms with Gasteiger partial charge in [0, 0.05) is 43.7 Å². The summed E-state index contributed by atoms with van der Waals surface area (Å²) >= 11 is 6.10. The molecule has 0 unspecified atom stereocenters. The van der Waals surface area contributed by atoms with Crippen LogP contribution < -0.4 is 0 Å². The van der Waals surface area contributed by atoms with Gasteiger partial charge < -0.3 is 9.64 Å². The number of carbonyl (C=O) groups is 1. The number of benzene rings is 1. The minimum absolute atomic E-state index is 0.258. The smallest absolute Gasteiger partial charge is 0.233 e. The van der Waals surface area contributed by atoms with Gasteiger partial charge in [0.2, 0.25) is 5.91 Å². The molecule has 0 radical (unpaired) electrons. The molecule has 2 aliphatic rings. The van der Waals surface area contributed by atoms with Crippen LogP contribution in [0.1, 0.15) is 36.8 Å².